The average Bonchev–Trinajstić information content (AvgIpc) is 3.31. The number of allylic oxidation sites excluding steroid dienone is 14. The Balaban J connectivity index is 2.48. The fourth-order valence-corrected chi connectivity index (χ4v) is 7.89. The van der Waals surface area contributed by atoms with Crippen LogP contribution in [0, 0.1) is 0 Å². The number of unbranched alkanes of at least 4 members (excludes halogenated alkanes) is 11. The maximum atomic E-state index is 12.8. The van der Waals surface area contributed by atoms with E-state index in [9.17, 15) is 49.7 Å². The zero-order chi connectivity index (χ0) is 49.4. The number of phosphoric acid groups is 1. The molecule has 0 heterocycles. The summed E-state index contributed by atoms with van der Waals surface area (Å²) in [5.74, 6) is -1.20. The van der Waals surface area contributed by atoms with Crippen LogP contribution in [-0.4, -0.2) is 110 Å². The molecule has 1 aliphatic rings. The van der Waals surface area contributed by atoms with Crippen LogP contribution in [0.25, 0.3) is 0 Å². The van der Waals surface area contributed by atoms with Gasteiger partial charge in [0.05, 0.1) is 12.7 Å². The molecule has 7 N–H and O–H groups in total. The lowest BCUT2D eigenvalue weighted by Gasteiger charge is -2.41. The van der Waals surface area contributed by atoms with Crippen LogP contribution in [-0.2, 0) is 32.7 Å². The number of aliphatic hydroxyl groups excluding tert-OH is 6. The number of aliphatic hydroxyl groups is 6. The van der Waals surface area contributed by atoms with Crippen LogP contribution in [0.2, 0.25) is 0 Å². The Morgan fingerprint density at radius 3 is 1.45 bits per heavy atom. The van der Waals surface area contributed by atoms with Gasteiger partial charge in [-0.1, -0.05) is 144 Å². The fourth-order valence-electron chi connectivity index (χ4n) is 6.91. The van der Waals surface area contributed by atoms with Crippen LogP contribution in [0.5, 0.6) is 0 Å². The summed E-state index contributed by atoms with van der Waals surface area (Å²) in [5, 5.41) is 59.8. The molecule has 0 aliphatic heterocycles. The summed E-state index contributed by atoms with van der Waals surface area (Å²) in [6, 6.07) is 0. The normalized spacial score (nSPS) is 22.3. The highest BCUT2D eigenvalue weighted by atomic mass is 31.2. The number of esters is 2. The topological polar surface area (TPSA) is 230 Å². The second kappa shape index (κ2) is 40.8. The summed E-state index contributed by atoms with van der Waals surface area (Å²) in [7, 11) is -5.15. The van der Waals surface area contributed by atoms with Crippen molar-refractivity contribution in [2.75, 3.05) is 13.2 Å². The van der Waals surface area contributed by atoms with Gasteiger partial charge in [-0.25, -0.2) is 4.57 Å². The van der Waals surface area contributed by atoms with Crippen molar-refractivity contribution < 1.29 is 68.2 Å². The molecule has 1 rings (SSSR count). The molecule has 384 valence electrons. The van der Waals surface area contributed by atoms with Gasteiger partial charge in [0, 0.05) is 12.8 Å². The third-order valence-electron chi connectivity index (χ3n) is 11.1. The Bertz CT molecular complexity index is 1510. The van der Waals surface area contributed by atoms with E-state index in [1.165, 1.54) is 25.7 Å². The lowest BCUT2D eigenvalue weighted by molar-refractivity contribution is -0.220. The lowest BCUT2D eigenvalue weighted by atomic mass is 9.85. The van der Waals surface area contributed by atoms with E-state index in [1.807, 2.05) is 19.1 Å². The second-order valence-corrected chi connectivity index (χ2v) is 18.5. The lowest BCUT2D eigenvalue weighted by Crippen LogP contribution is -2.64. The van der Waals surface area contributed by atoms with E-state index in [0.29, 0.717) is 19.3 Å². The number of carbonyl (C=O) groups excluding carboxylic acids is 2. The highest BCUT2D eigenvalue weighted by Gasteiger charge is 2.51. The van der Waals surface area contributed by atoms with Crippen molar-refractivity contribution in [2.24, 2.45) is 0 Å². The van der Waals surface area contributed by atoms with Crippen molar-refractivity contribution in [1.82, 2.24) is 0 Å². The van der Waals surface area contributed by atoms with Gasteiger partial charge in [0.2, 0.25) is 0 Å². The van der Waals surface area contributed by atoms with Gasteiger partial charge in [0.25, 0.3) is 0 Å². The minimum Gasteiger partial charge on any atom is -0.462 e. The first-order valence-corrected chi connectivity index (χ1v) is 26.5. The standard InChI is InChI=1S/C52H87O14P/c1-3-5-6-7-8-9-10-11-12-13-14-15-16-17-22-25-28-31-34-37-40-46(55)65-44(42-64-67(61,62)66-52-50(59)48(57)47(56)49(58)51(52)60)41-63-45(54)39-36-33-30-27-24-21-19-18-20-23-26-29-32-35-38-43(53)4-2/h9-10,12-13,15-16,19-21,23,27,29-30,32,43-44,47-53,56-60H,3-8,11,14,17-18,22,24-26,28,31,33-42H2,1-2H3,(H,61,62)/b10-9-,13-12-,16-15-,21-19-,23-20-,30-27-,32-29-/t43-,44+,47?,48-,49+,50+,51+,52?/m0/s1. The van der Waals surface area contributed by atoms with Crippen LogP contribution in [0.15, 0.2) is 85.1 Å². The zero-order valence-electron chi connectivity index (χ0n) is 40.5. The maximum Gasteiger partial charge on any atom is 0.472 e. The number of phosphoric ester groups is 1. The van der Waals surface area contributed by atoms with Crippen molar-refractivity contribution >= 4 is 19.8 Å². The van der Waals surface area contributed by atoms with Gasteiger partial charge >= 0.3 is 19.8 Å². The molecule has 0 spiro atoms. The Labute approximate surface area is 401 Å². The van der Waals surface area contributed by atoms with Crippen LogP contribution < -0.4 is 0 Å². The van der Waals surface area contributed by atoms with Gasteiger partial charge in [-0.2, -0.15) is 0 Å². The molecular formula is C52H87O14P. The molecule has 0 aromatic carbocycles. The first-order chi connectivity index (χ1) is 32.3. The average molecular weight is 967 g/mol. The van der Waals surface area contributed by atoms with Gasteiger partial charge in [-0.05, 0) is 96.3 Å². The van der Waals surface area contributed by atoms with Crippen LogP contribution in [0.1, 0.15) is 168 Å². The highest BCUT2D eigenvalue weighted by Crippen LogP contribution is 2.47. The molecule has 0 aromatic heterocycles. The van der Waals surface area contributed by atoms with Crippen molar-refractivity contribution in [1.29, 1.82) is 0 Å². The number of hydrogen-bond donors (Lipinski definition) is 7. The van der Waals surface area contributed by atoms with Gasteiger partial charge in [-0.3, -0.25) is 18.6 Å². The molecule has 1 saturated carbocycles. The first kappa shape index (κ1) is 62.0. The molecule has 67 heavy (non-hydrogen) atoms. The SMILES string of the molecule is CCCCCC/C=C\C/C=C\C/C=C\CCCCCCCCC(=O)O[C@H](COC(=O)CCC/C=C\C/C=C\C/C=C\C/C=C\CC[C@@H](O)CC)COP(=O)(O)OC1[C@H](O)[C@H](O)C(O)[C@H](O)[C@H]1O. The van der Waals surface area contributed by atoms with Gasteiger partial charge in [-0.15, -0.1) is 0 Å². The van der Waals surface area contributed by atoms with Crippen LogP contribution in [0.3, 0.4) is 0 Å². The molecule has 3 unspecified atom stereocenters. The largest absolute Gasteiger partial charge is 0.472 e. The number of carbonyl (C=O) groups is 2. The van der Waals surface area contributed by atoms with E-state index in [2.05, 4.69) is 79.8 Å². The number of ether oxygens (including phenoxy) is 2. The second-order valence-electron chi connectivity index (χ2n) is 17.1. The Kier molecular flexibility index (Phi) is 37.8. The minimum atomic E-state index is -5.15. The summed E-state index contributed by atoms with van der Waals surface area (Å²) in [6.07, 6.45) is 37.1. The molecule has 1 fully saturated rings. The van der Waals surface area contributed by atoms with Crippen molar-refractivity contribution in [2.45, 2.75) is 217 Å². The van der Waals surface area contributed by atoms with Gasteiger partial charge < -0.3 is 45.0 Å². The zero-order valence-corrected chi connectivity index (χ0v) is 41.4. The number of hydrogen-bond acceptors (Lipinski definition) is 13. The summed E-state index contributed by atoms with van der Waals surface area (Å²) in [6.45, 7) is 2.94. The first-order valence-electron chi connectivity index (χ1n) is 25.0. The molecule has 15 heteroatoms. The molecule has 0 aromatic rings. The predicted molar refractivity (Wildman–Crippen MR) is 264 cm³/mol. The molecule has 0 amide bonds. The molecular weight excluding hydrogens is 880 g/mol. The molecule has 14 nitrogen and oxygen atoms in total. The Morgan fingerprint density at radius 1 is 0.522 bits per heavy atom. The summed E-state index contributed by atoms with van der Waals surface area (Å²) in [4.78, 5) is 35.8. The smallest absolute Gasteiger partial charge is 0.462 e. The third-order valence-corrected chi connectivity index (χ3v) is 12.1. The molecule has 1 aliphatic carbocycles. The Morgan fingerprint density at radius 2 is 0.940 bits per heavy atom. The Hall–Kier alpha value is -3.01. The van der Waals surface area contributed by atoms with Gasteiger partial charge in [0.15, 0.2) is 6.10 Å². The monoisotopic (exact) mass is 967 g/mol. The van der Waals surface area contributed by atoms with Crippen molar-refractivity contribution in [3.05, 3.63) is 85.1 Å². The summed E-state index contributed by atoms with van der Waals surface area (Å²) >= 11 is 0. The summed E-state index contributed by atoms with van der Waals surface area (Å²) in [5.41, 5.74) is 0. The number of rotatable bonds is 40. The van der Waals surface area contributed by atoms with Gasteiger partial charge in [0.1, 0.15) is 43.2 Å². The van der Waals surface area contributed by atoms with E-state index in [-0.39, 0.29) is 18.9 Å². The third kappa shape index (κ3) is 33.2. The van der Waals surface area contributed by atoms with E-state index in [0.717, 1.165) is 96.3 Å². The van der Waals surface area contributed by atoms with E-state index in [4.69, 9.17) is 18.5 Å². The molecule has 9 atom stereocenters. The fraction of sp³-hybridized carbons (Fsp3) is 0.692. The van der Waals surface area contributed by atoms with Crippen LogP contribution in [0.4, 0.5) is 0 Å². The van der Waals surface area contributed by atoms with Crippen molar-refractivity contribution in [3.8, 4) is 0 Å². The van der Waals surface area contributed by atoms with Crippen LogP contribution >= 0.6 is 7.82 Å². The quantitative estimate of drug-likeness (QED) is 0.0131. The predicted octanol–water partition coefficient (Wildman–Crippen LogP) is 9.42. The van der Waals surface area contributed by atoms with E-state index < -0.39 is 75.7 Å². The van der Waals surface area contributed by atoms with E-state index in [1.54, 1.807) is 0 Å². The molecule has 0 bridgehead atoms. The molecule has 0 saturated heterocycles. The molecule has 0 radical (unpaired) electrons. The van der Waals surface area contributed by atoms with Crippen molar-refractivity contribution in [3.63, 3.8) is 0 Å². The summed E-state index contributed by atoms with van der Waals surface area (Å²) < 4.78 is 33.5. The van der Waals surface area contributed by atoms with E-state index >= 15 is 0 Å². The maximum absolute atomic E-state index is 12.8. The highest BCUT2D eigenvalue weighted by molar-refractivity contribution is 7.47. The minimum absolute atomic E-state index is 0.0589.